The Hall–Kier alpha value is -3.60. The number of aryl methyl sites for hydroxylation is 1. The fraction of sp³-hybridized carbons (Fsp3) is 0.292. The number of halogens is 1. The number of aromatic nitrogens is 5. The Morgan fingerprint density at radius 1 is 1.11 bits per heavy atom. The summed E-state index contributed by atoms with van der Waals surface area (Å²) in [4.78, 5) is 30.9. The van der Waals surface area contributed by atoms with Crippen LogP contribution in [0.15, 0.2) is 42.7 Å². The minimum atomic E-state index is -0.187. The number of likely N-dealkylation sites (N-methyl/N-ethyl adjacent to an activating group) is 1. The minimum absolute atomic E-state index is 0.120. The van der Waals surface area contributed by atoms with Crippen LogP contribution in [0.5, 0.6) is 0 Å². The number of piperazine rings is 1. The molecule has 10 nitrogen and oxygen atoms in total. The number of hydrogen-bond donors (Lipinski definition) is 2. The molecule has 1 saturated heterocycles. The molecule has 1 fully saturated rings. The molecular formula is C24H26ClN9O. The summed E-state index contributed by atoms with van der Waals surface area (Å²) >= 11 is 6.55. The molecule has 0 spiro atoms. The molecule has 0 bridgehead atoms. The average Bonchev–Trinajstić information content (AvgIpc) is 3.27. The van der Waals surface area contributed by atoms with E-state index in [1.807, 2.05) is 37.5 Å². The summed E-state index contributed by atoms with van der Waals surface area (Å²) < 4.78 is 1.68. The SMILES string of the molecule is CN1CCN(CC(=O)Nc2nc(-c3cc(Cl)c4ncccc4c3)c(-c3ccn(C)n3)nc2N)CC1. The van der Waals surface area contributed by atoms with Gasteiger partial charge in [-0.25, -0.2) is 9.97 Å². The Labute approximate surface area is 207 Å². The van der Waals surface area contributed by atoms with E-state index in [2.05, 4.69) is 37.2 Å². The molecule has 0 atom stereocenters. The van der Waals surface area contributed by atoms with Crippen molar-refractivity contribution in [1.82, 2.24) is 34.5 Å². The summed E-state index contributed by atoms with van der Waals surface area (Å²) in [6.07, 6.45) is 3.52. The van der Waals surface area contributed by atoms with E-state index < -0.39 is 0 Å². The summed E-state index contributed by atoms with van der Waals surface area (Å²) in [5, 5.41) is 8.69. The molecule has 180 valence electrons. The molecule has 0 saturated carbocycles. The molecule has 0 aliphatic carbocycles. The maximum Gasteiger partial charge on any atom is 0.239 e. The lowest BCUT2D eigenvalue weighted by atomic mass is 10.0. The number of nitrogens with zero attached hydrogens (tertiary/aromatic N) is 7. The first-order valence-corrected chi connectivity index (χ1v) is 11.7. The van der Waals surface area contributed by atoms with E-state index >= 15 is 0 Å². The van der Waals surface area contributed by atoms with E-state index in [4.69, 9.17) is 22.3 Å². The number of carbonyl (C=O) groups excluding carboxylic acids is 1. The maximum absolute atomic E-state index is 12.8. The molecule has 1 aromatic carbocycles. The Morgan fingerprint density at radius 2 is 1.91 bits per heavy atom. The third-order valence-electron chi connectivity index (χ3n) is 6.03. The van der Waals surface area contributed by atoms with Gasteiger partial charge < -0.3 is 16.0 Å². The Balaban J connectivity index is 1.53. The van der Waals surface area contributed by atoms with E-state index in [-0.39, 0.29) is 24.1 Å². The van der Waals surface area contributed by atoms with Crippen molar-refractivity contribution >= 4 is 40.0 Å². The number of nitrogens with two attached hydrogens (primary N) is 1. The average molecular weight is 492 g/mol. The smallest absolute Gasteiger partial charge is 0.239 e. The molecule has 4 heterocycles. The van der Waals surface area contributed by atoms with Gasteiger partial charge in [-0.05, 0) is 31.3 Å². The highest BCUT2D eigenvalue weighted by Crippen LogP contribution is 2.35. The number of anilines is 2. The van der Waals surface area contributed by atoms with Crippen molar-refractivity contribution < 1.29 is 4.79 Å². The van der Waals surface area contributed by atoms with Gasteiger partial charge in [-0.15, -0.1) is 0 Å². The van der Waals surface area contributed by atoms with Gasteiger partial charge in [-0.3, -0.25) is 19.4 Å². The lowest BCUT2D eigenvalue weighted by Crippen LogP contribution is -2.47. The second-order valence-corrected chi connectivity index (χ2v) is 9.10. The predicted octanol–water partition coefficient (Wildman–Crippen LogP) is 2.51. The van der Waals surface area contributed by atoms with Crippen LogP contribution in [0.25, 0.3) is 33.5 Å². The van der Waals surface area contributed by atoms with Gasteiger partial charge in [-0.1, -0.05) is 17.7 Å². The molecule has 0 radical (unpaired) electrons. The summed E-state index contributed by atoms with van der Waals surface area (Å²) in [5.74, 6) is 0.142. The van der Waals surface area contributed by atoms with Gasteiger partial charge in [-0.2, -0.15) is 5.10 Å². The Morgan fingerprint density at radius 3 is 2.66 bits per heavy atom. The van der Waals surface area contributed by atoms with Crippen molar-refractivity contribution in [2.75, 3.05) is 50.8 Å². The van der Waals surface area contributed by atoms with Crippen molar-refractivity contribution in [3.05, 3.63) is 47.7 Å². The normalized spacial score (nSPS) is 14.9. The molecule has 0 unspecified atom stereocenters. The van der Waals surface area contributed by atoms with Crippen LogP contribution >= 0.6 is 11.6 Å². The summed E-state index contributed by atoms with van der Waals surface area (Å²) in [5.41, 5.74) is 9.29. The maximum atomic E-state index is 12.8. The fourth-order valence-electron chi connectivity index (χ4n) is 4.13. The molecule has 3 aromatic heterocycles. The molecule has 1 aliphatic heterocycles. The summed E-state index contributed by atoms with van der Waals surface area (Å²) in [7, 11) is 3.90. The summed E-state index contributed by atoms with van der Waals surface area (Å²) in [6.45, 7) is 3.78. The molecule has 5 rings (SSSR count). The number of amides is 1. The second kappa shape index (κ2) is 9.57. The largest absolute Gasteiger partial charge is 0.381 e. The molecule has 3 N–H and O–H groups in total. The van der Waals surface area contributed by atoms with Crippen LogP contribution in [0.4, 0.5) is 11.6 Å². The molecule has 11 heteroatoms. The van der Waals surface area contributed by atoms with Crippen LogP contribution in [0, 0.1) is 0 Å². The van der Waals surface area contributed by atoms with Crippen molar-refractivity contribution in [1.29, 1.82) is 0 Å². The second-order valence-electron chi connectivity index (χ2n) is 8.69. The number of fused-ring (bicyclic) bond motifs is 1. The van der Waals surface area contributed by atoms with E-state index in [0.717, 1.165) is 37.1 Å². The molecule has 1 aliphatic rings. The third kappa shape index (κ3) is 4.95. The highest BCUT2D eigenvalue weighted by molar-refractivity contribution is 6.35. The number of carbonyl (C=O) groups is 1. The molecule has 35 heavy (non-hydrogen) atoms. The van der Waals surface area contributed by atoms with E-state index in [1.54, 1.807) is 16.9 Å². The van der Waals surface area contributed by atoms with Crippen molar-refractivity contribution in [3.8, 4) is 22.6 Å². The monoisotopic (exact) mass is 491 g/mol. The number of benzene rings is 1. The van der Waals surface area contributed by atoms with E-state index in [0.29, 0.717) is 27.6 Å². The Bertz CT molecular complexity index is 1400. The lowest BCUT2D eigenvalue weighted by Gasteiger charge is -2.31. The van der Waals surface area contributed by atoms with Gasteiger partial charge >= 0.3 is 0 Å². The number of nitrogen functional groups attached to an aromatic ring is 1. The molecule has 1 amide bonds. The number of rotatable bonds is 5. The van der Waals surface area contributed by atoms with Crippen LogP contribution in [0.2, 0.25) is 5.02 Å². The van der Waals surface area contributed by atoms with Crippen LogP contribution < -0.4 is 11.1 Å². The minimum Gasteiger partial charge on any atom is -0.381 e. The number of pyridine rings is 1. The zero-order valence-electron chi connectivity index (χ0n) is 19.6. The first kappa shape index (κ1) is 23.2. The van der Waals surface area contributed by atoms with Gasteiger partial charge in [0.15, 0.2) is 11.6 Å². The first-order valence-electron chi connectivity index (χ1n) is 11.3. The zero-order valence-corrected chi connectivity index (χ0v) is 20.3. The lowest BCUT2D eigenvalue weighted by molar-refractivity contribution is -0.117. The van der Waals surface area contributed by atoms with Crippen LogP contribution in [0.1, 0.15) is 0 Å². The van der Waals surface area contributed by atoms with E-state index in [9.17, 15) is 4.79 Å². The van der Waals surface area contributed by atoms with E-state index in [1.165, 1.54) is 0 Å². The topological polar surface area (TPSA) is 118 Å². The van der Waals surface area contributed by atoms with Crippen molar-refractivity contribution in [3.63, 3.8) is 0 Å². The highest BCUT2D eigenvalue weighted by Gasteiger charge is 2.21. The Kier molecular flexibility index (Phi) is 6.33. The highest BCUT2D eigenvalue weighted by atomic mass is 35.5. The third-order valence-corrected chi connectivity index (χ3v) is 6.32. The van der Waals surface area contributed by atoms with Crippen molar-refractivity contribution in [2.24, 2.45) is 7.05 Å². The predicted molar refractivity (Wildman–Crippen MR) is 137 cm³/mol. The fourth-order valence-corrected chi connectivity index (χ4v) is 4.40. The van der Waals surface area contributed by atoms with Gasteiger partial charge in [0.1, 0.15) is 17.1 Å². The standard InChI is InChI=1S/C24H26ClN9O/c1-32-8-10-34(11-9-32)14-19(35)28-24-23(26)29-22(18-5-7-33(2)31-18)21(30-24)16-12-15-4-3-6-27-20(15)17(25)13-16/h3-7,12-13H,8-11,14H2,1-2H3,(H2,26,29)(H,28,30,35). The quantitative estimate of drug-likeness (QED) is 0.437. The molecule has 4 aromatic rings. The molecular weight excluding hydrogens is 466 g/mol. The first-order chi connectivity index (χ1) is 16.9. The van der Waals surface area contributed by atoms with Gasteiger partial charge in [0.05, 0.1) is 17.1 Å². The number of hydrogen-bond acceptors (Lipinski definition) is 8. The number of nitrogens with one attached hydrogen (secondary N) is 1. The van der Waals surface area contributed by atoms with Gasteiger partial charge in [0.25, 0.3) is 0 Å². The van der Waals surface area contributed by atoms with Crippen LogP contribution in [-0.2, 0) is 11.8 Å². The zero-order chi connectivity index (χ0) is 24.5. The van der Waals surface area contributed by atoms with Gasteiger partial charge in [0.2, 0.25) is 5.91 Å². The van der Waals surface area contributed by atoms with Crippen LogP contribution in [-0.4, -0.2) is 80.2 Å². The summed E-state index contributed by atoms with van der Waals surface area (Å²) in [6, 6.07) is 9.35. The van der Waals surface area contributed by atoms with Crippen LogP contribution in [0.3, 0.4) is 0 Å². The van der Waals surface area contributed by atoms with Gasteiger partial charge in [0, 0.05) is 56.6 Å². The van der Waals surface area contributed by atoms with Crippen molar-refractivity contribution in [2.45, 2.75) is 0 Å².